The fourth-order valence-electron chi connectivity index (χ4n) is 11.9. The molecule has 43 heavy (non-hydrogen) atoms. The molecular formula is C34H52O9. The molecule has 6 rings (SSSR count). The molecule has 1 heterocycles. The van der Waals surface area contributed by atoms with Gasteiger partial charge < -0.3 is 35.0 Å². The number of rotatable bonds is 3. The molecule has 5 aliphatic carbocycles. The van der Waals surface area contributed by atoms with Gasteiger partial charge in [-0.05, 0) is 112 Å². The third-order valence-corrected chi connectivity index (χ3v) is 14.2. The molecule has 0 spiro atoms. The Hall–Kier alpha value is -1.52. The van der Waals surface area contributed by atoms with E-state index >= 15 is 0 Å². The molecule has 0 aromatic rings. The van der Waals surface area contributed by atoms with Crippen LogP contribution in [0.15, 0.2) is 11.6 Å². The van der Waals surface area contributed by atoms with Gasteiger partial charge in [0.05, 0.1) is 24.2 Å². The summed E-state index contributed by atoms with van der Waals surface area (Å²) >= 11 is 0. The quantitative estimate of drug-likeness (QED) is 0.241. The van der Waals surface area contributed by atoms with Gasteiger partial charge in [-0.3, -0.25) is 4.79 Å². The second-order valence-corrected chi connectivity index (χ2v) is 16.0. The maximum atomic E-state index is 12.7. The van der Waals surface area contributed by atoms with E-state index in [2.05, 4.69) is 26.8 Å². The number of carboxylic acids is 1. The fourth-order valence-corrected chi connectivity index (χ4v) is 11.9. The van der Waals surface area contributed by atoms with Crippen molar-refractivity contribution in [3.8, 4) is 0 Å². The molecule has 1 saturated heterocycles. The van der Waals surface area contributed by atoms with Crippen LogP contribution >= 0.6 is 0 Å². The minimum Gasteiger partial charge on any atom is -0.481 e. The van der Waals surface area contributed by atoms with E-state index < -0.39 is 59.4 Å². The average molecular weight is 605 g/mol. The number of carbonyl (C=O) groups excluding carboxylic acids is 1. The van der Waals surface area contributed by atoms with Gasteiger partial charge in [0, 0.05) is 5.92 Å². The standard InChI is InChI=1S/C34H52O9/c1-17-8-14-34(30(39)40)15-10-19-18(21(34)16-17)6-7-22-31(19,2)13-11-23-32(22,3)12-9-20(33(23,4)41)27-25(36)24(35)26(37)28(43-27)29(38)42-5/h6,17,19-28,35-37,41H,7-16H2,1-5H3,(H,39,40)/t17?,19?,20?,21?,22?,23?,24?,25?,26?,27?,28?,31?,32?,33-,34?/m1/s1. The highest BCUT2D eigenvalue weighted by Crippen LogP contribution is 2.71. The van der Waals surface area contributed by atoms with E-state index in [1.807, 2.05) is 6.92 Å². The number of hydrogen-bond acceptors (Lipinski definition) is 8. The van der Waals surface area contributed by atoms with E-state index in [4.69, 9.17) is 9.47 Å². The lowest BCUT2D eigenvalue weighted by molar-refractivity contribution is -0.277. The van der Waals surface area contributed by atoms with Gasteiger partial charge in [0.15, 0.2) is 6.10 Å². The third-order valence-electron chi connectivity index (χ3n) is 14.2. The molecule has 9 nitrogen and oxygen atoms in total. The molecule has 4 saturated carbocycles. The zero-order chi connectivity index (χ0) is 31.3. The van der Waals surface area contributed by atoms with Gasteiger partial charge in [0.1, 0.15) is 18.3 Å². The monoisotopic (exact) mass is 604 g/mol. The maximum absolute atomic E-state index is 12.7. The Kier molecular flexibility index (Phi) is 7.69. The largest absolute Gasteiger partial charge is 0.481 e. The molecule has 1 aliphatic heterocycles. The van der Waals surface area contributed by atoms with Gasteiger partial charge in [-0.2, -0.15) is 0 Å². The first-order valence-electron chi connectivity index (χ1n) is 16.6. The maximum Gasteiger partial charge on any atom is 0.337 e. The van der Waals surface area contributed by atoms with Gasteiger partial charge in [0.2, 0.25) is 0 Å². The van der Waals surface area contributed by atoms with Crippen LogP contribution < -0.4 is 0 Å². The highest BCUT2D eigenvalue weighted by atomic mass is 16.6. The van der Waals surface area contributed by atoms with Crippen LogP contribution in [0.3, 0.4) is 0 Å². The predicted molar refractivity (Wildman–Crippen MR) is 156 cm³/mol. The molecule has 0 aromatic heterocycles. The van der Waals surface area contributed by atoms with Crippen LogP contribution in [0.1, 0.15) is 91.9 Å². The summed E-state index contributed by atoms with van der Waals surface area (Å²) in [6, 6.07) is 0. The molecule has 242 valence electrons. The Morgan fingerprint density at radius 1 is 0.884 bits per heavy atom. The van der Waals surface area contributed by atoms with Crippen molar-refractivity contribution in [3.63, 3.8) is 0 Å². The summed E-state index contributed by atoms with van der Waals surface area (Å²) in [6.07, 6.45) is 3.46. The van der Waals surface area contributed by atoms with Gasteiger partial charge >= 0.3 is 11.9 Å². The Morgan fingerprint density at radius 2 is 1.56 bits per heavy atom. The van der Waals surface area contributed by atoms with Crippen molar-refractivity contribution in [3.05, 3.63) is 11.6 Å². The summed E-state index contributed by atoms with van der Waals surface area (Å²) in [5.41, 5.74) is -0.698. The van der Waals surface area contributed by atoms with Crippen molar-refractivity contribution in [2.75, 3.05) is 7.11 Å². The molecular weight excluding hydrogens is 552 g/mol. The van der Waals surface area contributed by atoms with E-state index in [0.717, 1.165) is 57.8 Å². The van der Waals surface area contributed by atoms with Crippen molar-refractivity contribution in [1.29, 1.82) is 0 Å². The zero-order valence-electron chi connectivity index (χ0n) is 26.4. The van der Waals surface area contributed by atoms with Crippen LogP contribution in [0.25, 0.3) is 0 Å². The predicted octanol–water partition coefficient (Wildman–Crippen LogP) is 3.46. The minimum absolute atomic E-state index is 0.000728. The summed E-state index contributed by atoms with van der Waals surface area (Å²) in [4.78, 5) is 25.1. The molecule has 15 atom stereocenters. The molecule has 5 fully saturated rings. The van der Waals surface area contributed by atoms with Gasteiger partial charge in [-0.1, -0.05) is 32.4 Å². The lowest BCUT2D eigenvalue weighted by Gasteiger charge is -2.68. The first kappa shape index (κ1) is 31.5. The Morgan fingerprint density at radius 3 is 2.23 bits per heavy atom. The van der Waals surface area contributed by atoms with E-state index in [0.29, 0.717) is 24.2 Å². The Balaban J connectivity index is 1.30. The lowest BCUT2D eigenvalue weighted by atomic mass is 9.37. The zero-order valence-corrected chi connectivity index (χ0v) is 26.4. The van der Waals surface area contributed by atoms with E-state index in [9.17, 15) is 35.1 Å². The second-order valence-electron chi connectivity index (χ2n) is 16.0. The van der Waals surface area contributed by atoms with Crippen molar-refractivity contribution in [2.24, 2.45) is 51.8 Å². The SMILES string of the molecule is COC(=O)C1OC(C2CCC3(C)C4CC=C5C6CC(C)CCC6(C(=O)O)CCC5C4(C)CCC3[C@]2(C)O)C(O)C(O)C1O. The van der Waals surface area contributed by atoms with Crippen LogP contribution in [-0.4, -0.2) is 80.7 Å². The van der Waals surface area contributed by atoms with Gasteiger partial charge in [-0.25, -0.2) is 4.79 Å². The summed E-state index contributed by atoms with van der Waals surface area (Å²) < 4.78 is 10.7. The summed E-state index contributed by atoms with van der Waals surface area (Å²) in [5.74, 6) is -0.820. The number of aliphatic carboxylic acids is 1. The summed E-state index contributed by atoms with van der Waals surface area (Å²) in [7, 11) is 1.18. The third kappa shape index (κ3) is 4.34. The van der Waals surface area contributed by atoms with Gasteiger partial charge in [0.25, 0.3) is 0 Å². The molecule has 0 aromatic carbocycles. The summed E-state index contributed by atoms with van der Waals surface area (Å²) in [6.45, 7) is 8.81. The van der Waals surface area contributed by atoms with Crippen LogP contribution in [0, 0.1) is 51.8 Å². The van der Waals surface area contributed by atoms with Crippen LogP contribution in [-0.2, 0) is 19.1 Å². The van der Waals surface area contributed by atoms with Crippen LogP contribution in [0.5, 0.6) is 0 Å². The van der Waals surface area contributed by atoms with Crippen molar-refractivity contribution >= 4 is 11.9 Å². The van der Waals surface area contributed by atoms with Crippen molar-refractivity contribution in [2.45, 2.75) is 128 Å². The number of hydrogen-bond donors (Lipinski definition) is 5. The number of esters is 1. The Bertz CT molecular complexity index is 1170. The van der Waals surface area contributed by atoms with Crippen LogP contribution in [0.2, 0.25) is 0 Å². The minimum atomic E-state index is -1.63. The number of aliphatic hydroxyl groups is 4. The second kappa shape index (κ2) is 10.5. The smallest absolute Gasteiger partial charge is 0.337 e. The fraction of sp³-hybridized carbons (Fsp3) is 0.882. The molecule has 9 heteroatoms. The number of ether oxygens (including phenoxy) is 2. The first-order chi connectivity index (χ1) is 20.1. The molecule has 0 bridgehead atoms. The van der Waals surface area contributed by atoms with Crippen molar-refractivity contribution in [1.82, 2.24) is 0 Å². The normalized spacial score (nSPS) is 54.6. The molecule has 6 aliphatic rings. The number of aliphatic hydroxyl groups excluding tert-OH is 3. The molecule has 5 N–H and O–H groups in total. The highest BCUT2D eigenvalue weighted by molar-refractivity contribution is 5.76. The average Bonchev–Trinajstić information content (AvgIpc) is 2.95. The number of carboxylic acid groups (broad SMARTS) is 1. The molecule has 0 amide bonds. The van der Waals surface area contributed by atoms with E-state index in [1.54, 1.807) is 0 Å². The van der Waals surface area contributed by atoms with E-state index in [-0.39, 0.29) is 22.7 Å². The number of allylic oxidation sites excluding steroid dienone is 2. The Labute approximate surface area is 255 Å². The highest BCUT2D eigenvalue weighted by Gasteiger charge is 2.67. The van der Waals surface area contributed by atoms with Gasteiger partial charge in [-0.15, -0.1) is 0 Å². The lowest BCUT2D eigenvalue weighted by Crippen LogP contribution is -2.69. The molecule has 14 unspecified atom stereocenters. The van der Waals surface area contributed by atoms with Crippen LogP contribution in [0.4, 0.5) is 0 Å². The van der Waals surface area contributed by atoms with E-state index in [1.165, 1.54) is 12.7 Å². The summed E-state index contributed by atoms with van der Waals surface area (Å²) in [5, 5.41) is 54.9. The topological polar surface area (TPSA) is 154 Å². The molecule has 0 radical (unpaired) electrons. The number of methoxy groups -OCH3 is 1. The number of carbonyl (C=O) groups is 2. The van der Waals surface area contributed by atoms with Crippen molar-refractivity contribution < 1.29 is 44.6 Å². The first-order valence-corrected chi connectivity index (χ1v) is 16.6. The number of fused-ring (bicyclic) bond motifs is 7.